The van der Waals surface area contributed by atoms with E-state index in [0.717, 1.165) is 0 Å². The summed E-state index contributed by atoms with van der Waals surface area (Å²) in [5, 5.41) is 8.66. The number of hydrogen-bond acceptors (Lipinski definition) is 4. The first-order chi connectivity index (χ1) is 7.70. The summed E-state index contributed by atoms with van der Waals surface area (Å²) >= 11 is 0. The third kappa shape index (κ3) is 5.65. The number of hydrogen-bond donors (Lipinski definition) is 2. The van der Waals surface area contributed by atoms with Crippen LogP contribution in [0.5, 0.6) is 0 Å². The molecule has 0 aliphatic carbocycles. The average molecular weight is 246 g/mol. The Balaban J connectivity index is 4.68. The molecule has 0 saturated heterocycles. The highest BCUT2D eigenvalue weighted by molar-refractivity contribution is 5.83. The van der Waals surface area contributed by atoms with Gasteiger partial charge in [0.25, 0.3) is 0 Å². The van der Waals surface area contributed by atoms with Gasteiger partial charge in [0.05, 0.1) is 13.0 Å². The van der Waals surface area contributed by atoms with Gasteiger partial charge in [-0.2, -0.15) is 0 Å². The molecule has 0 fully saturated rings. The quantitative estimate of drug-likeness (QED) is 0.691. The molecule has 0 aromatic rings. The molecule has 0 aliphatic heterocycles. The van der Waals surface area contributed by atoms with Gasteiger partial charge < -0.3 is 20.5 Å². The zero-order valence-electron chi connectivity index (χ0n) is 10.9. The van der Waals surface area contributed by atoms with Gasteiger partial charge in [-0.1, -0.05) is 0 Å². The Hall–Kier alpha value is -1.14. The second kappa shape index (κ2) is 6.56. The van der Waals surface area contributed by atoms with Crippen LogP contribution in [0.2, 0.25) is 0 Å². The maximum atomic E-state index is 12.0. The van der Waals surface area contributed by atoms with E-state index in [0.29, 0.717) is 0 Å². The summed E-state index contributed by atoms with van der Waals surface area (Å²) in [6, 6.07) is -0.756. The van der Waals surface area contributed by atoms with Gasteiger partial charge in [-0.15, -0.1) is 0 Å². The lowest BCUT2D eigenvalue weighted by Crippen LogP contribution is -2.54. The molecule has 0 aromatic heterocycles. The summed E-state index contributed by atoms with van der Waals surface area (Å²) < 4.78 is 4.82. The highest BCUT2D eigenvalue weighted by Crippen LogP contribution is 2.15. The summed E-state index contributed by atoms with van der Waals surface area (Å²) in [6.45, 7) is 5.79. The second-order valence-corrected chi connectivity index (χ2v) is 4.87. The normalized spacial score (nSPS) is 13.2. The average Bonchev–Trinajstić information content (AvgIpc) is 2.15. The van der Waals surface area contributed by atoms with E-state index in [4.69, 9.17) is 15.6 Å². The minimum atomic E-state index is -0.938. The van der Waals surface area contributed by atoms with Crippen molar-refractivity contribution in [1.82, 2.24) is 4.90 Å². The first-order valence-corrected chi connectivity index (χ1v) is 5.48. The zero-order chi connectivity index (χ0) is 13.6. The fraction of sp³-hybridized carbons (Fsp3) is 0.818. The van der Waals surface area contributed by atoms with Gasteiger partial charge in [-0.05, 0) is 20.8 Å². The first-order valence-electron chi connectivity index (χ1n) is 5.48. The van der Waals surface area contributed by atoms with Crippen molar-refractivity contribution in [2.24, 2.45) is 5.73 Å². The first kappa shape index (κ1) is 15.9. The van der Waals surface area contributed by atoms with Crippen LogP contribution < -0.4 is 5.73 Å². The zero-order valence-corrected chi connectivity index (χ0v) is 10.9. The van der Waals surface area contributed by atoms with Gasteiger partial charge in [0.2, 0.25) is 5.91 Å². The number of nitrogens with zero attached hydrogens (tertiary/aromatic N) is 1. The Bertz CT molecular complexity index is 273. The van der Waals surface area contributed by atoms with Crippen molar-refractivity contribution in [1.29, 1.82) is 0 Å². The molecule has 0 rings (SSSR count). The molecular weight excluding hydrogens is 224 g/mol. The largest absolute Gasteiger partial charge is 0.481 e. The van der Waals surface area contributed by atoms with Crippen molar-refractivity contribution in [2.75, 3.05) is 20.3 Å². The predicted molar refractivity (Wildman–Crippen MR) is 63.6 cm³/mol. The molecule has 17 heavy (non-hydrogen) atoms. The Labute approximate surface area is 102 Å². The lowest BCUT2D eigenvalue weighted by Gasteiger charge is -2.37. The molecule has 3 N–H and O–H groups in total. The standard InChI is InChI=1S/C11H22N2O4/c1-11(2,3)13(6-5-9(14)15)10(16)8(12)7-17-4/h8H,5-7,12H2,1-4H3,(H,14,15). The Morgan fingerprint density at radius 1 is 1.41 bits per heavy atom. The summed E-state index contributed by atoms with van der Waals surface area (Å²) in [5.41, 5.74) is 5.21. The van der Waals surface area contributed by atoms with E-state index in [2.05, 4.69) is 0 Å². The van der Waals surface area contributed by atoms with E-state index in [1.165, 1.54) is 12.0 Å². The maximum Gasteiger partial charge on any atom is 0.305 e. The number of carboxylic acid groups (broad SMARTS) is 1. The van der Waals surface area contributed by atoms with E-state index >= 15 is 0 Å². The molecule has 0 spiro atoms. The Morgan fingerprint density at radius 2 is 1.94 bits per heavy atom. The summed E-state index contributed by atoms with van der Waals surface area (Å²) in [5.74, 6) is -1.23. The molecule has 0 saturated carbocycles. The van der Waals surface area contributed by atoms with Gasteiger partial charge >= 0.3 is 5.97 Å². The van der Waals surface area contributed by atoms with Crippen LogP contribution in [0.3, 0.4) is 0 Å². The Kier molecular flexibility index (Phi) is 6.12. The lowest BCUT2D eigenvalue weighted by atomic mass is 10.0. The number of carbonyl (C=O) groups excluding carboxylic acids is 1. The molecule has 1 unspecified atom stereocenters. The Morgan fingerprint density at radius 3 is 2.29 bits per heavy atom. The van der Waals surface area contributed by atoms with Crippen LogP contribution in [0.4, 0.5) is 0 Å². The van der Waals surface area contributed by atoms with Crippen LogP contribution in [-0.2, 0) is 14.3 Å². The second-order valence-electron chi connectivity index (χ2n) is 4.87. The van der Waals surface area contributed by atoms with Crippen molar-refractivity contribution in [3.63, 3.8) is 0 Å². The van der Waals surface area contributed by atoms with Crippen molar-refractivity contribution >= 4 is 11.9 Å². The molecule has 0 aromatic carbocycles. The van der Waals surface area contributed by atoms with Gasteiger partial charge in [-0.3, -0.25) is 9.59 Å². The molecule has 1 atom stereocenters. The van der Waals surface area contributed by atoms with Crippen LogP contribution in [0.15, 0.2) is 0 Å². The highest BCUT2D eigenvalue weighted by Gasteiger charge is 2.30. The minimum absolute atomic E-state index is 0.0945. The van der Waals surface area contributed by atoms with Crippen LogP contribution in [0, 0.1) is 0 Å². The van der Waals surface area contributed by atoms with Crippen molar-refractivity contribution < 1.29 is 19.4 Å². The number of aliphatic carboxylic acids is 1. The van der Waals surface area contributed by atoms with Gasteiger partial charge in [0.1, 0.15) is 6.04 Å². The van der Waals surface area contributed by atoms with Crippen LogP contribution in [0.1, 0.15) is 27.2 Å². The lowest BCUT2D eigenvalue weighted by molar-refractivity contribution is -0.142. The highest BCUT2D eigenvalue weighted by atomic mass is 16.5. The van der Waals surface area contributed by atoms with E-state index in [1.807, 2.05) is 20.8 Å². The van der Waals surface area contributed by atoms with Gasteiger partial charge in [0.15, 0.2) is 0 Å². The monoisotopic (exact) mass is 246 g/mol. The molecule has 0 heterocycles. The predicted octanol–water partition coefficient (Wildman–Crippen LogP) is 0.0619. The summed E-state index contributed by atoms with van der Waals surface area (Å²) in [4.78, 5) is 24.1. The molecule has 6 nitrogen and oxygen atoms in total. The molecule has 6 heteroatoms. The van der Waals surface area contributed by atoms with Crippen LogP contribution in [0.25, 0.3) is 0 Å². The number of carbonyl (C=O) groups is 2. The van der Waals surface area contributed by atoms with Crippen molar-refractivity contribution in [3.8, 4) is 0 Å². The van der Waals surface area contributed by atoms with E-state index in [-0.39, 0.29) is 25.5 Å². The van der Waals surface area contributed by atoms with Crippen molar-refractivity contribution in [3.05, 3.63) is 0 Å². The molecule has 0 bridgehead atoms. The number of amides is 1. The summed E-state index contributed by atoms with van der Waals surface area (Å²) in [7, 11) is 1.46. The third-order valence-electron chi connectivity index (χ3n) is 2.29. The molecule has 100 valence electrons. The minimum Gasteiger partial charge on any atom is -0.481 e. The van der Waals surface area contributed by atoms with Crippen LogP contribution in [-0.4, -0.2) is 53.7 Å². The topological polar surface area (TPSA) is 92.9 Å². The smallest absolute Gasteiger partial charge is 0.305 e. The molecule has 1 amide bonds. The SMILES string of the molecule is COCC(N)C(=O)N(CCC(=O)O)C(C)(C)C. The number of ether oxygens (including phenoxy) is 1. The number of methoxy groups -OCH3 is 1. The maximum absolute atomic E-state index is 12.0. The number of nitrogens with two attached hydrogens (primary N) is 1. The van der Waals surface area contributed by atoms with Crippen molar-refractivity contribution in [2.45, 2.75) is 38.8 Å². The van der Waals surface area contributed by atoms with Gasteiger partial charge in [0, 0.05) is 19.2 Å². The summed E-state index contributed by atoms with van der Waals surface area (Å²) in [6.07, 6.45) is -0.0945. The van der Waals surface area contributed by atoms with Gasteiger partial charge in [-0.25, -0.2) is 0 Å². The van der Waals surface area contributed by atoms with E-state index in [9.17, 15) is 9.59 Å². The fourth-order valence-electron chi connectivity index (χ4n) is 1.43. The van der Waals surface area contributed by atoms with Crippen LogP contribution >= 0.6 is 0 Å². The number of rotatable bonds is 6. The molecular formula is C11H22N2O4. The van der Waals surface area contributed by atoms with E-state index < -0.39 is 17.6 Å². The molecule has 0 aliphatic rings. The fourth-order valence-corrected chi connectivity index (χ4v) is 1.43. The molecule has 0 radical (unpaired) electrons. The number of carboxylic acids is 1. The third-order valence-corrected chi connectivity index (χ3v) is 2.29. The van der Waals surface area contributed by atoms with E-state index in [1.54, 1.807) is 0 Å².